The molecule has 3 N–H and O–H groups in total. The number of carbonyl (C=O) groups excluding carboxylic acids is 2. The van der Waals surface area contributed by atoms with Crippen LogP contribution in [-0.4, -0.2) is 36.6 Å². The summed E-state index contributed by atoms with van der Waals surface area (Å²) in [6.07, 6.45) is 1.75. The molecule has 2 atom stereocenters. The van der Waals surface area contributed by atoms with Crippen LogP contribution in [0.25, 0.3) is 0 Å². The van der Waals surface area contributed by atoms with Gasteiger partial charge in [-0.1, -0.05) is 68.5 Å². The predicted molar refractivity (Wildman–Crippen MR) is 133 cm³/mol. The van der Waals surface area contributed by atoms with Crippen LogP contribution in [0, 0.1) is 5.92 Å². The van der Waals surface area contributed by atoms with Crippen molar-refractivity contribution < 1.29 is 22.8 Å². The topological polar surface area (TPSA) is 75.4 Å². The van der Waals surface area contributed by atoms with Crippen LogP contribution in [0.5, 0.6) is 0 Å². The van der Waals surface area contributed by atoms with Gasteiger partial charge in [0.2, 0.25) is 5.91 Å². The highest BCUT2D eigenvalue weighted by atomic mass is 19.4. The van der Waals surface area contributed by atoms with Crippen LogP contribution in [0.3, 0.4) is 0 Å². The summed E-state index contributed by atoms with van der Waals surface area (Å²) >= 11 is 0. The van der Waals surface area contributed by atoms with Crippen molar-refractivity contribution in [2.75, 3.05) is 11.4 Å². The molecule has 2 aromatic rings. The number of nitrogens with zero attached hydrogens (tertiary/aromatic N) is 1. The third-order valence-electron chi connectivity index (χ3n) is 5.56. The number of para-hydroxylation sites is 1. The second kappa shape index (κ2) is 13.1. The summed E-state index contributed by atoms with van der Waals surface area (Å²) in [5, 5.41) is 3.01. The third kappa shape index (κ3) is 9.94. The zero-order valence-corrected chi connectivity index (χ0v) is 20.4. The highest BCUT2D eigenvalue weighted by Gasteiger charge is 2.23. The zero-order chi connectivity index (χ0) is 26.0. The van der Waals surface area contributed by atoms with Gasteiger partial charge in [0.05, 0.1) is 6.04 Å². The van der Waals surface area contributed by atoms with Gasteiger partial charge in [-0.3, -0.25) is 9.59 Å². The molecule has 0 fully saturated rings. The standard InChI is InChI=1S/C25H31N3O2.C2H3F3/c1-18(2)24(26)25(30)27-21(13-12-19-8-4-3-5-9-19)14-15-23(29)28-17-16-20-10-6-7-11-22(20)28;1-2(3,4)5/h3-11,14-15,18,21,24H,12-13,16-17,26H2,1-2H3,(H,27,30);1H3/b15-14+;/t21-,24?;/m0./s1. The van der Waals surface area contributed by atoms with Crippen LogP contribution in [-0.2, 0) is 22.4 Å². The molecule has 0 saturated heterocycles. The average molecular weight is 490 g/mol. The van der Waals surface area contributed by atoms with Crippen molar-refractivity contribution in [3.05, 3.63) is 77.9 Å². The Bertz CT molecular complexity index is 985. The van der Waals surface area contributed by atoms with E-state index in [1.807, 2.05) is 50.2 Å². The first-order valence-electron chi connectivity index (χ1n) is 11.7. The van der Waals surface area contributed by atoms with E-state index in [0.717, 1.165) is 18.5 Å². The lowest BCUT2D eigenvalue weighted by Gasteiger charge is -2.21. The van der Waals surface area contributed by atoms with Crippen molar-refractivity contribution in [2.45, 2.75) is 58.3 Å². The number of halogens is 3. The van der Waals surface area contributed by atoms with E-state index in [0.29, 0.717) is 13.0 Å². The molecule has 3 rings (SSSR count). The maximum absolute atomic E-state index is 12.8. The van der Waals surface area contributed by atoms with Crippen LogP contribution in [0.2, 0.25) is 0 Å². The predicted octanol–water partition coefficient (Wildman–Crippen LogP) is 4.80. The number of hydrogen-bond acceptors (Lipinski definition) is 3. The van der Waals surface area contributed by atoms with Crippen LogP contribution in [0.15, 0.2) is 66.7 Å². The van der Waals surface area contributed by atoms with Gasteiger partial charge in [0.15, 0.2) is 0 Å². The lowest BCUT2D eigenvalue weighted by atomic mass is 10.0. The van der Waals surface area contributed by atoms with Crippen molar-refractivity contribution in [1.29, 1.82) is 0 Å². The molecule has 0 radical (unpaired) electrons. The number of nitrogens with two attached hydrogens (primary N) is 1. The molecule has 0 aromatic heterocycles. The molecule has 0 saturated carbocycles. The second-order valence-electron chi connectivity index (χ2n) is 8.92. The van der Waals surface area contributed by atoms with E-state index in [4.69, 9.17) is 5.73 Å². The molecular formula is C27H34F3N3O2. The fourth-order valence-corrected chi connectivity index (χ4v) is 3.62. The highest BCUT2D eigenvalue weighted by molar-refractivity contribution is 6.03. The van der Waals surface area contributed by atoms with E-state index in [9.17, 15) is 22.8 Å². The summed E-state index contributed by atoms with van der Waals surface area (Å²) in [6.45, 7) is 4.72. The van der Waals surface area contributed by atoms with E-state index >= 15 is 0 Å². The number of benzene rings is 2. The lowest BCUT2D eigenvalue weighted by molar-refractivity contribution is -0.123. The first-order valence-corrected chi connectivity index (χ1v) is 11.7. The molecule has 5 nitrogen and oxygen atoms in total. The number of aryl methyl sites for hydroxylation is 1. The van der Waals surface area contributed by atoms with E-state index in [-0.39, 0.29) is 30.7 Å². The van der Waals surface area contributed by atoms with Gasteiger partial charge in [-0.15, -0.1) is 0 Å². The van der Waals surface area contributed by atoms with Gasteiger partial charge in [-0.25, -0.2) is 0 Å². The molecule has 1 heterocycles. The van der Waals surface area contributed by atoms with Gasteiger partial charge in [-0.2, -0.15) is 13.2 Å². The minimum atomic E-state index is -4.00. The maximum atomic E-state index is 12.8. The van der Waals surface area contributed by atoms with E-state index in [1.54, 1.807) is 17.1 Å². The van der Waals surface area contributed by atoms with Gasteiger partial charge in [-0.05, 0) is 42.4 Å². The van der Waals surface area contributed by atoms with Gasteiger partial charge < -0.3 is 16.0 Å². The number of hydrogen-bond donors (Lipinski definition) is 2. The van der Waals surface area contributed by atoms with Crippen molar-refractivity contribution in [3.8, 4) is 0 Å². The van der Waals surface area contributed by atoms with Crippen molar-refractivity contribution >= 4 is 17.5 Å². The first kappa shape index (κ1) is 28.1. The van der Waals surface area contributed by atoms with Crippen LogP contribution in [0.1, 0.15) is 38.3 Å². The molecule has 0 aliphatic carbocycles. The largest absolute Gasteiger partial charge is 0.386 e. The Hall–Kier alpha value is -3.13. The molecular weight excluding hydrogens is 455 g/mol. The molecule has 0 spiro atoms. The quantitative estimate of drug-likeness (QED) is 0.523. The number of anilines is 1. The molecule has 1 aliphatic heterocycles. The Kier molecular flexibility index (Phi) is 10.5. The summed E-state index contributed by atoms with van der Waals surface area (Å²) in [5.41, 5.74) is 9.37. The molecule has 1 aliphatic rings. The lowest BCUT2D eigenvalue weighted by Crippen LogP contribution is -2.47. The zero-order valence-electron chi connectivity index (χ0n) is 20.4. The van der Waals surface area contributed by atoms with E-state index in [2.05, 4.69) is 23.5 Å². The third-order valence-corrected chi connectivity index (χ3v) is 5.56. The summed E-state index contributed by atoms with van der Waals surface area (Å²) in [4.78, 5) is 27.1. The molecule has 2 aromatic carbocycles. The Labute approximate surface area is 205 Å². The van der Waals surface area contributed by atoms with Gasteiger partial charge >= 0.3 is 6.18 Å². The second-order valence-corrected chi connectivity index (χ2v) is 8.92. The Balaban J connectivity index is 0.000000784. The number of amides is 2. The Morgan fingerprint density at radius 3 is 2.31 bits per heavy atom. The van der Waals surface area contributed by atoms with Crippen LogP contribution < -0.4 is 16.0 Å². The Morgan fingerprint density at radius 2 is 1.69 bits per heavy atom. The monoisotopic (exact) mass is 489 g/mol. The molecule has 2 amide bonds. The SMILES string of the molecule is CC(C)C(N)C(=O)N[C@H](/C=C/C(=O)N1CCc2ccccc21)CCc1ccccc1.CC(F)(F)F. The summed E-state index contributed by atoms with van der Waals surface area (Å²) in [6, 6.07) is 17.3. The fraction of sp³-hybridized carbons (Fsp3) is 0.407. The van der Waals surface area contributed by atoms with E-state index in [1.165, 1.54) is 11.1 Å². The van der Waals surface area contributed by atoms with Gasteiger partial charge in [0.1, 0.15) is 0 Å². The van der Waals surface area contributed by atoms with Crippen molar-refractivity contribution in [1.82, 2.24) is 5.32 Å². The summed E-state index contributed by atoms with van der Waals surface area (Å²) < 4.78 is 31.1. The summed E-state index contributed by atoms with van der Waals surface area (Å²) in [5.74, 6) is -0.203. The number of alkyl halides is 3. The average Bonchev–Trinajstić information content (AvgIpc) is 3.24. The number of nitrogens with one attached hydrogen (secondary N) is 1. The first-order chi connectivity index (χ1) is 16.5. The van der Waals surface area contributed by atoms with Crippen molar-refractivity contribution in [3.63, 3.8) is 0 Å². The van der Waals surface area contributed by atoms with Gasteiger partial charge in [0, 0.05) is 31.3 Å². The molecule has 0 bridgehead atoms. The molecule has 35 heavy (non-hydrogen) atoms. The molecule has 190 valence electrons. The molecule has 8 heteroatoms. The minimum absolute atomic E-state index is 0.0477. The summed E-state index contributed by atoms with van der Waals surface area (Å²) in [7, 11) is 0. The smallest absolute Gasteiger partial charge is 0.349 e. The van der Waals surface area contributed by atoms with Crippen molar-refractivity contribution in [2.24, 2.45) is 11.7 Å². The highest BCUT2D eigenvalue weighted by Crippen LogP contribution is 2.27. The number of rotatable bonds is 8. The number of fused-ring (bicyclic) bond motifs is 1. The van der Waals surface area contributed by atoms with E-state index < -0.39 is 12.2 Å². The van der Waals surface area contributed by atoms with Gasteiger partial charge in [0.25, 0.3) is 5.91 Å². The molecule has 1 unspecified atom stereocenters. The number of carbonyl (C=O) groups is 2. The Morgan fingerprint density at radius 1 is 1.09 bits per heavy atom. The van der Waals surface area contributed by atoms with Crippen LogP contribution in [0.4, 0.5) is 18.9 Å². The minimum Gasteiger partial charge on any atom is -0.349 e. The fourth-order valence-electron chi connectivity index (χ4n) is 3.62. The van der Waals surface area contributed by atoms with Crippen LogP contribution >= 0.6 is 0 Å². The normalized spacial score (nSPS) is 14.8. The maximum Gasteiger partial charge on any atom is 0.386 e.